The van der Waals surface area contributed by atoms with Crippen LogP contribution in [0.2, 0.25) is 0 Å². The van der Waals surface area contributed by atoms with Crippen LogP contribution in [0.4, 0.5) is 0 Å². The number of nitrogens with one attached hydrogen (secondary N) is 1. The first-order valence-corrected chi connectivity index (χ1v) is 6.83. The lowest BCUT2D eigenvalue weighted by Crippen LogP contribution is -2.26. The quantitative estimate of drug-likeness (QED) is 0.810. The van der Waals surface area contributed by atoms with Crippen LogP contribution < -0.4 is 5.32 Å². The van der Waals surface area contributed by atoms with Gasteiger partial charge in [-0.25, -0.2) is 4.98 Å². The third-order valence-electron chi connectivity index (χ3n) is 2.92. The Hall–Kier alpha value is -2.44. The van der Waals surface area contributed by atoms with Gasteiger partial charge >= 0.3 is 5.97 Å². The molecule has 0 saturated carbocycles. The molecule has 2 rings (SSSR count). The van der Waals surface area contributed by atoms with Crippen molar-refractivity contribution in [3.05, 3.63) is 23.5 Å². The van der Waals surface area contributed by atoms with E-state index in [1.807, 2.05) is 6.92 Å². The van der Waals surface area contributed by atoms with Gasteiger partial charge in [0, 0.05) is 12.7 Å². The van der Waals surface area contributed by atoms with E-state index in [0.29, 0.717) is 24.3 Å². The molecular weight excluding hydrogens is 274 g/mol. The molecule has 0 radical (unpaired) electrons. The lowest BCUT2D eigenvalue weighted by atomic mass is 10.1. The van der Waals surface area contributed by atoms with E-state index in [9.17, 15) is 9.59 Å². The molecular formula is C14H17N3O4. The van der Waals surface area contributed by atoms with Gasteiger partial charge in [-0.05, 0) is 19.4 Å². The van der Waals surface area contributed by atoms with Crippen LogP contribution in [0.1, 0.15) is 36.3 Å². The topological polar surface area (TPSA) is 94.3 Å². The fraction of sp³-hybridized carbons (Fsp3) is 0.429. The van der Waals surface area contributed by atoms with E-state index in [1.54, 1.807) is 13.0 Å². The Morgan fingerprint density at radius 3 is 2.90 bits per heavy atom. The van der Waals surface area contributed by atoms with Crippen molar-refractivity contribution in [2.45, 2.75) is 26.7 Å². The molecule has 0 fully saturated rings. The Kier molecular flexibility index (Phi) is 4.86. The number of carbonyl (C=O) groups is 2. The summed E-state index contributed by atoms with van der Waals surface area (Å²) in [6.45, 7) is 4.24. The van der Waals surface area contributed by atoms with Crippen LogP contribution in [0, 0.1) is 0 Å². The molecule has 0 atom stereocenters. The number of ether oxygens (including phenoxy) is 1. The summed E-state index contributed by atoms with van der Waals surface area (Å²) < 4.78 is 9.84. The van der Waals surface area contributed by atoms with Crippen LogP contribution in [0.3, 0.4) is 0 Å². The van der Waals surface area contributed by atoms with Crippen molar-refractivity contribution in [3.63, 3.8) is 0 Å². The highest BCUT2D eigenvalue weighted by atomic mass is 16.5. The second-order valence-corrected chi connectivity index (χ2v) is 4.37. The fourth-order valence-corrected chi connectivity index (χ4v) is 1.87. The minimum atomic E-state index is -0.335. The minimum Gasteiger partial charge on any atom is -0.466 e. The molecule has 0 aromatic carbocycles. The molecule has 2 heterocycles. The molecule has 1 N–H and O–H groups in total. The summed E-state index contributed by atoms with van der Waals surface area (Å²) in [6, 6.07) is 1.69. The Morgan fingerprint density at radius 2 is 2.19 bits per heavy atom. The smallest absolute Gasteiger partial charge is 0.307 e. The Labute approximate surface area is 121 Å². The number of nitrogens with zero attached hydrogens (tertiary/aromatic N) is 2. The highest BCUT2D eigenvalue weighted by molar-refractivity contribution is 5.97. The monoisotopic (exact) mass is 291 g/mol. The third-order valence-corrected chi connectivity index (χ3v) is 2.92. The highest BCUT2D eigenvalue weighted by Gasteiger charge is 2.13. The van der Waals surface area contributed by atoms with E-state index in [2.05, 4.69) is 15.5 Å². The number of pyridine rings is 1. The summed E-state index contributed by atoms with van der Waals surface area (Å²) in [5.74, 6) is -0.629. The first kappa shape index (κ1) is 15.0. The summed E-state index contributed by atoms with van der Waals surface area (Å²) >= 11 is 0. The molecule has 2 aromatic heterocycles. The van der Waals surface area contributed by atoms with E-state index in [0.717, 1.165) is 11.1 Å². The summed E-state index contributed by atoms with van der Waals surface area (Å²) in [7, 11) is 0. The third kappa shape index (κ3) is 3.56. The van der Waals surface area contributed by atoms with Crippen LogP contribution in [-0.2, 0) is 16.0 Å². The molecule has 0 aliphatic heterocycles. The van der Waals surface area contributed by atoms with Gasteiger partial charge in [0.1, 0.15) is 0 Å². The number of carbonyl (C=O) groups excluding carboxylic acids is 2. The molecule has 7 nitrogen and oxygen atoms in total. The number of amides is 1. The minimum absolute atomic E-state index is 0.142. The van der Waals surface area contributed by atoms with Gasteiger partial charge in [0.05, 0.1) is 29.7 Å². The van der Waals surface area contributed by atoms with Gasteiger partial charge < -0.3 is 14.6 Å². The van der Waals surface area contributed by atoms with Gasteiger partial charge in [0.2, 0.25) is 0 Å². The number of fused-ring (bicyclic) bond motifs is 1. The maximum absolute atomic E-state index is 12.0. The predicted octanol–water partition coefficient (Wildman–Crippen LogP) is 1.47. The largest absolute Gasteiger partial charge is 0.466 e. The van der Waals surface area contributed by atoms with Crippen LogP contribution >= 0.6 is 0 Å². The molecule has 0 saturated heterocycles. The summed E-state index contributed by atoms with van der Waals surface area (Å²) in [4.78, 5) is 27.2. The van der Waals surface area contributed by atoms with Crippen molar-refractivity contribution < 1.29 is 18.8 Å². The van der Waals surface area contributed by atoms with Gasteiger partial charge in [0.15, 0.2) is 0 Å². The zero-order chi connectivity index (χ0) is 15.2. The summed E-state index contributed by atoms with van der Waals surface area (Å²) in [5, 5.41) is 7.27. The van der Waals surface area contributed by atoms with E-state index in [-0.39, 0.29) is 24.8 Å². The molecule has 1 amide bonds. The van der Waals surface area contributed by atoms with Crippen LogP contribution in [-0.4, -0.2) is 35.2 Å². The average Bonchev–Trinajstić information content (AvgIpc) is 2.89. The van der Waals surface area contributed by atoms with Gasteiger partial charge in [0.25, 0.3) is 11.6 Å². The van der Waals surface area contributed by atoms with Gasteiger partial charge in [-0.2, -0.15) is 0 Å². The van der Waals surface area contributed by atoms with Crippen molar-refractivity contribution in [1.29, 1.82) is 0 Å². The van der Waals surface area contributed by atoms with Crippen LogP contribution in [0.25, 0.3) is 11.1 Å². The molecule has 112 valence electrons. The highest BCUT2D eigenvalue weighted by Crippen LogP contribution is 2.18. The molecule has 0 spiro atoms. The molecule has 2 aromatic rings. The van der Waals surface area contributed by atoms with E-state index in [4.69, 9.17) is 9.26 Å². The molecule has 0 unspecified atom stereocenters. The van der Waals surface area contributed by atoms with Crippen molar-refractivity contribution in [1.82, 2.24) is 15.5 Å². The van der Waals surface area contributed by atoms with Crippen LogP contribution in [0.15, 0.2) is 16.8 Å². The van der Waals surface area contributed by atoms with Gasteiger partial charge in [-0.15, -0.1) is 0 Å². The average molecular weight is 291 g/mol. The zero-order valence-electron chi connectivity index (χ0n) is 12.0. The second kappa shape index (κ2) is 6.83. The zero-order valence-corrected chi connectivity index (χ0v) is 12.0. The fourth-order valence-electron chi connectivity index (χ4n) is 1.87. The standard InChI is InChI=1S/C14H17N3O4/c1-3-11-10-7-9(8-16-14(10)21-17-11)13(19)15-6-5-12(18)20-4-2/h7-8H,3-6H2,1-2H3,(H,15,19). The van der Waals surface area contributed by atoms with Crippen molar-refractivity contribution in [3.8, 4) is 0 Å². The number of rotatable bonds is 6. The number of aromatic nitrogens is 2. The predicted molar refractivity (Wildman–Crippen MR) is 74.8 cm³/mol. The lowest BCUT2D eigenvalue weighted by Gasteiger charge is -2.05. The molecule has 21 heavy (non-hydrogen) atoms. The molecule has 7 heteroatoms. The normalized spacial score (nSPS) is 10.6. The number of esters is 1. The molecule has 0 aliphatic carbocycles. The van der Waals surface area contributed by atoms with Crippen molar-refractivity contribution >= 4 is 23.0 Å². The summed E-state index contributed by atoms with van der Waals surface area (Å²) in [6.07, 6.45) is 2.26. The molecule has 0 bridgehead atoms. The van der Waals surface area contributed by atoms with E-state index < -0.39 is 0 Å². The first-order valence-electron chi connectivity index (χ1n) is 6.83. The summed E-state index contributed by atoms with van der Waals surface area (Å²) in [5.41, 5.74) is 1.58. The first-order chi connectivity index (χ1) is 10.2. The lowest BCUT2D eigenvalue weighted by molar-refractivity contribution is -0.142. The Morgan fingerprint density at radius 1 is 1.38 bits per heavy atom. The van der Waals surface area contributed by atoms with Gasteiger partial charge in [-0.1, -0.05) is 12.1 Å². The van der Waals surface area contributed by atoms with E-state index in [1.165, 1.54) is 6.20 Å². The molecule has 0 aliphatic rings. The number of aryl methyl sites for hydroxylation is 1. The van der Waals surface area contributed by atoms with Crippen molar-refractivity contribution in [2.24, 2.45) is 0 Å². The maximum atomic E-state index is 12.0. The number of hydrogen-bond donors (Lipinski definition) is 1. The Balaban J connectivity index is 2.00. The van der Waals surface area contributed by atoms with Crippen molar-refractivity contribution in [2.75, 3.05) is 13.2 Å². The number of hydrogen-bond acceptors (Lipinski definition) is 6. The second-order valence-electron chi connectivity index (χ2n) is 4.37. The maximum Gasteiger partial charge on any atom is 0.307 e. The van der Waals surface area contributed by atoms with E-state index >= 15 is 0 Å². The Bertz CT molecular complexity index is 651. The SMILES string of the molecule is CCOC(=O)CCNC(=O)c1cnc2onc(CC)c2c1. The van der Waals surface area contributed by atoms with Gasteiger partial charge in [-0.3, -0.25) is 9.59 Å². The van der Waals surface area contributed by atoms with Crippen LogP contribution in [0.5, 0.6) is 0 Å².